The molecule has 2 atom stereocenters. The maximum Gasteiger partial charge on any atom is 0.191 e. The van der Waals surface area contributed by atoms with Gasteiger partial charge < -0.3 is 25.2 Å². The van der Waals surface area contributed by atoms with Crippen LogP contribution in [0.25, 0.3) is 0 Å². The third kappa shape index (κ3) is 8.55. The van der Waals surface area contributed by atoms with Gasteiger partial charge in [0.25, 0.3) is 0 Å². The van der Waals surface area contributed by atoms with Crippen molar-refractivity contribution in [2.45, 2.75) is 38.9 Å². The van der Waals surface area contributed by atoms with Crippen LogP contribution in [-0.2, 0) is 4.74 Å². The molecular weight excluding hydrogens is 375 g/mol. The maximum absolute atomic E-state index is 13.8. The number of aliphatic hydroxyl groups is 1. The Morgan fingerprint density at radius 3 is 2.69 bits per heavy atom. The first kappa shape index (κ1) is 23.4. The van der Waals surface area contributed by atoms with Gasteiger partial charge in [0, 0.05) is 26.2 Å². The van der Waals surface area contributed by atoms with Gasteiger partial charge in [-0.2, -0.15) is 0 Å². The van der Waals surface area contributed by atoms with E-state index >= 15 is 0 Å². The van der Waals surface area contributed by atoms with E-state index in [2.05, 4.69) is 20.5 Å². The predicted octanol–water partition coefficient (Wildman–Crippen LogP) is 1.62. The standard InChI is InChI=1S/C21H35FN4O3/c1-4-17(29-19-9-7-6-8-18(19)22)14-24-20(23-5-2)25-15-21(3,27)16-26-10-12-28-13-11-26/h6-9,17,27H,4-5,10-16H2,1-3H3,(H2,23,24,25). The molecule has 1 aromatic carbocycles. The Kier molecular flexibility index (Phi) is 9.63. The normalized spacial score (nSPS) is 18.7. The Morgan fingerprint density at radius 2 is 2.03 bits per heavy atom. The molecule has 0 amide bonds. The fraction of sp³-hybridized carbons (Fsp3) is 0.667. The smallest absolute Gasteiger partial charge is 0.191 e. The number of nitrogens with zero attached hydrogens (tertiary/aromatic N) is 2. The number of aliphatic imine (C=N–C) groups is 1. The lowest BCUT2D eigenvalue weighted by atomic mass is 10.1. The summed E-state index contributed by atoms with van der Waals surface area (Å²) in [5.41, 5.74) is -0.937. The summed E-state index contributed by atoms with van der Waals surface area (Å²) in [7, 11) is 0. The largest absolute Gasteiger partial charge is 0.486 e. The first-order valence-electron chi connectivity index (χ1n) is 10.4. The van der Waals surface area contributed by atoms with E-state index in [1.54, 1.807) is 25.1 Å². The average Bonchev–Trinajstić information content (AvgIpc) is 2.71. The predicted molar refractivity (Wildman–Crippen MR) is 113 cm³/mol. The molecule has 0 aromatic heterocycles. The number of para-hydroxylation sites is 1. The van der Waals surface area contributed by atoms with Gasteiger partial charge in [0.05, 0.1) is 31.9 Å². The summed E-state index contributed by atoms with van der Waals surface area (Å²) >= 11 is 0. The molecule has 3 N–H and O–H groups in total. The van der Waals surface area contributed by atoms with E-state index in [1.165, 1.54) is 6.07 Å². The molecular formula is C21H35FN4O3. The van der Waals surface area contributed by atoms with E-state index in [0.717, 1.165) is 19.5 Å². The second-order valence-electron chi connectivity index (χ2n) is 7.54. The molecule has 1 aromatic rings. The van der Waals surface area contributed by atoms with Crippen LogP contribution in [-0.4, -0.2) is 80.2 Å². The number of β-amino-alcohol motifs (C(OH)–C–C–N with tert-alkyl or cyclic N) is 1. The number of nitrogens with one attached hydrogen (secondary N) is 2. The second kappa shape index (κ2) is 11.9. The van der Waals surface area contributed by atoms with E-state index < -0.39 is 5.60 Å². The van der Waals surface area contributed by atoms with Gasteiger partial charge in [0.15, 0.2) is 17.5 Å². The highest BCUT2D eigenvalue weighted by molar-refractivity contribution is 5.79. The summed E-state index contributed by atoms with van der Waals surface area (Å²) in [5, 5.41) is 17.1. The molecule has 2 unspecified atom stereocenters. The van der Waals surface area contributed by atoms with Crippen LogP contribution in [0.5, 0.6) is 5.75 Å². The summed E-state index contributed by atoms with van der Waals surface area (Å²) in [4.78, 5) is 6.73. The van der Waals surface area contributed by atoms with Crippen molar-refractivity contribution in [1.82, 2.24) is 15.5 Å². The summed E-state index contributed by atoms with van der Waals surface area (Å²) in [6.07, 6.45) is 0.514. The molecule has 0 radical (unpaired) electrons. The number of hydrogen-bond acceptors (Lipinski definition) is 5. The molecule has 29 heavy (non-hydrogen) atoms. The van der Waals surface area contributed by atoms with Gasteiger partial charge in [-0.25, -0.2) is 4.39 Å². The van der Waals surface area contributed by atoms with E-state index in [-0.39, 0.29) is 24.2 Å². The monoisotopic (exact) mass is 410 g/mol. The van der Waals surface area contributed by atoms with Crippen molar-refractivity contribution in [3.05, 3.63) is 30.1 Å². The van der Waals surface area contributed by atoms with Crippen molar-refractivity contribution in [2.75, 3.05) is 52.5 Å². The average molecular weight is 411 g/mol. The van der Waals surface area contributed by atoms with Crippen LogP contribution in [0.4, 0.5) is 4.39 Å². The van der Waals surface area contributed by atoms with Gasteiger partial charge in [0.1, 0.15) is 6.10 Å². The van der Waals surface area contributed by atoms with Crippen LogP contribution in [0.1, 0.15) is 27.2 Å². The first-order valence-corrected chi connectivity index (χ1v) is 10.4. The van der Waals surface area contributed by atoms with Gasteiger partial charge in [-0.1, -0.05) is 19.1 Å². The number of halogens is 1. The number of rotatable bonds is 10. The zero-order valence-electron chi connectivity index (χ0n) is 17.8. The molecule has 1 saturated heterocycles. The van der Waals surface area contributed by atoms with Gasteiger partial charge in [0.2, 0.25) is 0 Å². The third-order valence-corrected chi connectivity index (χ3v) is 4.67. The quantitative estimate of drug-likeness (QED) is 0.402. The lowest BCUT2D eigenvalue weighted by Crippen LogP contribution is -2.48. The first-order chi connectivity index (χ1) is 13.9. The van der Waals surface area contributed by atoms with Gasteiger partial charge >= 0.3 is 0 Å². The number of benzene rings is 1. The molecule has 0 bridgehead atoms. The zero-order valence-corrected chi connectivity index (χ0v) is 17.8. The molecule has 164 valence electrons. The Morgan fingerprint density at radius 1 is 1.31 bits per heavy atom. The number of morpholine rings is 1. The minimum absolute atomic E-state index is 0.204. The lowest BCUT2D eigenvalue weighted by molar-refractivity contribution is -0.0180. The van der Waals surface area contributed by atoms with Crippen LogP contribution in [0, 0.1) is 5.82 Å². The Labute approximate surface area is 173 Å². The van der Waals surface area contributed by atoms with E-state index in [0.29, 0.717) is 38.8 Å². The molecule has 1 heterocycles. The Balaban J connectivity index is 1.88. The molecule has 1 aliphatic heterocycles. The summed E-state index contributed by atoms with van der Waals surface area (Å²) < 4.78 is 25.0. The molecule has 0 aliphatic carbocycles. The molecule has 2 rings (SSSR count). The van der Waals surface area contributed by atoms with Crippen LogP contribution in [0.15, 0.2) is 29.3 Å². The van der Waals surface area contributed by atoms with Crippen molar-refractivity contribution in [3.63, 3.8) is 0 Å². The third-order valence-electron chi connectivity index (χ3n) is 4.67. The highest BCUT2D eigenvalue weighted by Crippen LogP contribution is 2.17. The van der Waals surface area contributed by atoms with Crippen LogP contribution < -0.4 is 15.4 Å². The Hall–Kier alpha value is -1.90. The SMILES string of the molecule is CCNC(=NCC(C)(O)CN1CCOCC1)NCC(CC)Oc1ccccc1F. The van der Waals surface area contributed by atoms with Crippen LogP contribution in [0.3, 0.4) is 0 Å². The number of guanidine groups is 1. The van der Waals surface area contributed by atoms with Crippen molar-refractivity contribution in [2.24, 2.45) is 4.99 Å². The van der Waals surface area contributed by atoms with E-state index in [4.69, 9.17) is 9.47 Å². The van der Waals surface area contributed by atoms with Gasteiger partial charge in [-0.05, 0) is 32.4 Å². The molecule has 0 saturated carbocycles. The van der Waals surface area contributed by atoms with E-state index in [9.17, 15) is 9.50 Å². The van der Waals surface area contributed by atoms with Crippen molar-refractivity contribution < 1.29 is 19.0 Å². The fourth-order valence-corrected chi connectivity index (χ4v) is 3.08. The van der Waals surface area contributed by atoms with Crippen LogP contribution in [0.2, 0.25) is 0 Å². The minimum Gasteiger partial charge on any atom is -0.486 e. The molecule has 8 heteroatoms. The van der Waals surface area contributed by atoms with Crippen molar-refractivity contribution in [3.8, 4) is 5.75 Å². The minimum atomic E-state index is -0.937. The lowest BCUT2D eigenvalue weighted by Gasteiger charge is -2.33. The molecule has 7 nitrogen and oxygen atoms in total. The van der Waals surface area contributed by atoms with Gasteiger partial charge in [-0.15, -0.1) is 0 Å². The summed E-state index contributed by atoms with van der Waals surface area (Å²) in [6, 6.07) is 6.40. The van der Waals surface area contributed by atoms with Crippen molar-refractivity contribution >= 4 is 5.96 Å². The second-order valence-corrected chi connectivity index (χ2v) is 7.54. The summed E-state index contributed by atoms with van der Waals surface area (Å²) in [6.45, 7) is 10.8. The summed E-state index contributed by atoms with van der Waals surface area (Å²) in [5.74, 6) is 0.479. The highest BCUT2D eigenvalue weighted by Gasteiger charge is 2.25. The number of ether oxygens (including phenoxy) is 2. The zero-order chi connectivity index (χ0) is 21.1. The number of hydrogen-bond donors (Lipinski definition) is 3. The fourth-order valence-electron chi connectivity index (χ4n) is 3.08. The van der Waals surface area contributed by atoms with Crippen molar-refractivity contribution in [1.29, 1.82) is 0 Å². The van der Waals surface area contributed by atoms with E-state index in [1.807, 2.05) is 13.8 Å². The van der Waals surface area contributed by atoms with Gasteiger partial charge in [-0.3, -0.25) is 9.89 Å². The topological polar surface area (TPSA) is 78.4 Å². The maximum atomic E-state index is 13.8. The Bertz CT molecular complexity index is 636. The highest BCUT2D eigenvalue weighted by atomic mass is 19.1. The molecule has 1 aliphatic rings. The molecule has 1 fully saturated rings. The van der Waals surface area contributed by atoms with Crippen LogP contribution >= 0.6 is 0 Å². The molecule has 0 spiro atoms.